The SMILES string of the molecule is CSCCC(N)C(=O)NC(CCCN=C(N)N)C(=O)NC(Cc1c[nH]c2ccccc12)C(=O)NC(CCC(N)=O)C(=O)O. The van der Waals surface area contributed by atoms with Crippen LogP contribution in [0.15, 0.2) is 35.5 Å². The van der Waals surface area contributed by atoms with Gasteiger partial charge in [-0.25, -0.2) is 4.79 Å². The molecule has 43 heavy (non-hydrogen) atoms. The van der Waals surface area contributed by atoms with Crippen molar-refractivity contribution in [2.75, 3.05) is 18.6 Å². The minimum Gasteiger partial charge on any atom is -0.480 e. The molecule has 0 bridgehead atoms. The number of nitrogens with two attached hydrogens (primary N) is 4. The average molecular weight is 620 g/mol. The van der Waals surface area contributed by atoms with Crippen LogP contribution in [0.5, 0.6) is 0 Å². The number of para-hydroxylation sites is 1. The summed E-state index contributed by atoms with van der Waals surface area (Å²) in [6, 6.07) is 2.73. The number of carboxylic acid groups (broad SMARTS) is 1. The van der Waals surface area contributed by atoms with E-state index in [2.05, 4.69) is 25.9 Å². The normalized spacial score (nSPS) is 13.7. The quantitative estimate of drug-likeness (QED) is 0.0506. The van der Waals surface area contributed by atoms with Crippen molar-refractivity contribution in [2.24, 2.45) is 27.9 Å². The summed E-state index contributed by atoms with van der Waals surface area (Å²) < 4.78 is 0. The molecule has 0 aliphatic heterocycles. The molecule has 15 nitrogen and oxygen atoms in total. The van der Waals surface area contributed by atoms with Gasteiger partial charge in [-0.2, -0.15) is 11.8 Å². The van der Waals surface area contributed by atoms with Crippen molar-refractivity contribution in [2.45, 2.75) is 62.7 Å². The van der Waals surface area contributed by atoms with Crippen LogP contribution in [0.3, 0.4) is 0 Å². The second-order valence-corrected chi connectivity index (χ2v) is 10.9. The molecule has 4 atom stereocenters. The minimum atomic E-state index is -1.42. The van der Waals surface area contributed by atoms with Crippen LogP contribution in [-0.4, -0.2) is 88.4 Å². The molecule has 0 saturated heterocycles. The Bertz CT molecular complexity index is 1300. The summed E-state index contributed by atoms with van der Waals surface area (Å²) >= 11 is 1.53. The Morgan fingerprint density at radius 1 is 0.930 bits per heavy atom. The number of carbonyl (C=O) groups is 5. The van der Waals surface area contributed by atoms with E-state index in [0.29, 0.717) is 24.2 Å². The van der Waals surface area contributed by atoms with Gasteiger partial charge in [0.2, 0.25) is 23.6 Å². The fraction of sp³-hybridized carbons (Fsp3) is 0.481. The topological polar surface area (TPSA) is 274 Å². The lowest BCUT2D eigenvalue weighted by Gasteiger charge is -2.25. The lowest BCUT2D eigenvalue weighted by atomic mass is 10.0. The van der Waals surface area contributed by atoms with E-state index in [-0.39, 0.29) is 38.2 Å². The molecule has 0 radical (unpaired) electrons. The van der Waals surface area contributed by atoms with E-state index < -0.39 is 53.8 Å². The highest BCUT2D eigenvalue weighted by atomic mass is 32.2. The standard InChI is InChI=1S/C27H41N9O6S/c1-43-12-10-17(28)23(38)34-19(7-4-11-32-27(30)31)24(39)36-21(13-15-14-33-18-6-3-2-5-16(15)18)25(40)35-20(26(41)42)8-9-22(29)37/h2-3,5-6,14,17,19-21,33H,4,7-13,28H2,1H3,(H2,29,37)(H,34,38)(H,35,40)(H,36,39)(H,41,42)(H4,30,31,32). The first-order valence-corrected chi connectivity index (χ1v) is 15.1. The lowest BCUT2D eigenvalue weighted by Crippen LogP contribution is -2.57. The molecule has 236 valence electrons. The van der Waals surface area contributed by atoms with Gasteiger partial charge in [0.05, 0.1) is 6.04 Å². The molecule has 1 heterocycles. The number of benzene rings is 1. The van der Waals surface area contributed by atoms with Crippen LogP contribution >= 0.6 is 11.8 Å². The van der Waals surface area contributed by atoms with Gasteiger partial charge in [-0.05, 0) is 49.3 Å². The minimum absolute atomic E-state index is 0.00828. The summed E-state index contributed by atoms with van der Waals surface area (Å²) in [5.74, 6) is -3.58. The number of carboxylic acids is 1. The first-order valence-electron chi connectivity index (χ1n) is 13.7. The average Bonchev–Trinajstić information content (AvgIpc) is 3.37. The van der Waals surface area contributed by atoms with Crippen molar-refractivity contribution in [3.05, 3.63) is 36.0 Å². The van der Waals surface area contributed by atoms with Crippen LogP contribution in [0, 0.1) is 0 Å². The van der Waals surface area contributed by atoms with Gasteiger partial charge >= 0.3 is 5.97 Å². The highest BCUT2D eigenvalue weighted by Gasteiger charge is 2.31. The van der Waals surface area contributed by atoms with Crippen molar-refractivity contribution < 1.29 is 29.1 Å². The zero-order valence-corrected chi connectivity index (χ0v) is 24.8. The number of hydrogen-bond acceptors (Lipinski definition) is 8. The number of guanidine groups is 1. The van der Waals surface area contributed by atoms with Gasteiger partial charge in [0.25, 0.3) is 0 Å². The number of thioether (sulfide) groups is 1. The fourth-order valence-electron chi connectivity index (χ4n) is 4.25. The van der Waals surface area contributed by atoms with Crippen molar-refractivity contribution in [3.8, 4) is 0 Å². The van der Waals surface area contributed by atoms with E-state index in [0.717, 1.165) is 10.9 Å². The zero-order chi connectivity index (χ0) is 31.9. The third-order valence-electron chi connectivity index (χ3n) is 6.57. The number of primary amides is 1. The summed E-state index contributed by atoms with van der Waals surface area (Å²) in [4.78, 5) is 69.8. The maximum absolute atomic E-state index is 13.6. The molecule has 13 N–H and O–H groups in total. The van der Waals surface area contributed by atoms with Gasteiger partial charge in [0, 0.05) is 36.5 Å². The zero-order valence-electron chi connectivity index (χ0n) is 24.0. The number of aromatic amines is 1. The van der Waals surface area contributed by atoms with Crippen molar-refractivity contribution >= 4 is 58.2 Å². The molecule has 0 aliphatic rings. The van der Waals surface area contributed by atoms with Crippen LogP contribution in [0.4, 0.5) is 0 Å². The number of hydrogen-bond donors (Lipinski definition) is 9. The monoisotopic (exact) mass is 619 g/mol. The van der Waals surface area contributed by atoms with E-state index in [9.17, 15) is 29.1 Å². The van der Waals surface area contributed by atoms with Gasteiger partial charge in [-0.3, -0.25) is 24.2 Å². The van der Waals surface area contributed by atoms with Gasteiger partial charge < -0.3 is 49.0 Å². The van der Waals surface area contributed by atoms with Crippen LogP contribution in [-0.2, 0) is 30.4 Å². The molecule has 16 heteroatoms. The molecular formula is C27H41N9O6S. The second kappa shape index (κ2) is 17.6. The van der Waals surface area contributed by atoms with Crippen molar-refractivity contribution in [1.29, 1.82) is 0 Å². The summed E-state index contributed by atoms with van der Waals surface area (Å²) in [6.45, 7) is 0.194. The number of amides is 4. The predicted octanol–water partition coefficient (Wildman–Crippen LogP) is -1.35. The number of fused-ring (bicyclic) bond motifs is 1. The highest BCUT2D eigenvalue weighted by molar-refractivity contribution is 7.98. The Balaban J connectivity index is 2.32. The molecule has 0 spiro atoms. The number of nitrogens with one attached hydrogen (secondary N) is 4. The van der Waals surface area contributed by atoms with E-state index in [1.54, 1.807) is 6.20 Å². The molecule has 1 aromatic carbocycles. The van der Waals surface area contributed by atoms with Crippen molar-refractivity contribution in [3.63, 3.8) is 0 Å². The fourth-order valence-corrected chi connectivity index (χ4v) is 4.73. The summed E-state index contributed by atoms with van der Waals surface area (Å²) in [6.07, 6.45) is 3.91. The van der Waals surface area contributed by atoms with Gasteiger partial charge in [-0.15, -0.1) is 0 Å². The van der Waals surface area contributed by atoms with Gasteiger partial charge in [0.1, 0.15) is 18.1 Å². The van der Waals surface area contributed by atoms with Gasteiger partial charge in [0.15, 0.2) is 5.96 Å². The molecule has 4 amide bonds. The molecule has 2 aromatic rings. The smallest absolute Gasteiger partial charge is 0.326 e. The maximum Gasteiger partial charge on any atom is 0.326 e. The first-order chi connectivity index (χ1) is 20.4. The van der Waals surface area contributed by atoms with Crippen LogP contribution in [0.2, 0.25) is 0 Å². The van der Waals surface area contributed by atoms with E-state index in [1.165, 1.54) is 11.8 Å². The Morgan fingerprint density at radius 2 is 1.58 bits per heavy atom. The van der Waals surface area contributed by atoms with E-state index in [4.69, 9.17) is 22.9 Å². The number of H-pyrrole nitrogens is 1. The Hall–Kier alpha value is -4.31. The largest absolute Gasteiger partial charge is 0.480 e. The third-order valence-corrected chi connectivity index (χ3v) is 7.22. The summed E-state index contributed by atoms with van der Waals surface area (Å²) in [5.41, 5.74) is 23.4. The summed E-state index contributed by atoms with van der Waals surface area (Å²) in [5, 5.41) is 18.1. The Kier molecular flexibility index (Phi) is 14.3. The lowest BCUT2D eigenvalue weighted by molar-refractivity contribution is -0.142. The molecule has 1 aromatic heterocycles. The number of nitrogens with zero attached hydrogens (tertiary/aromatic N) is 1. The molecule has 0 saturated carbocycles. The number of rotatable bonds is 19. The number of aliphatic carboxylic acids is 1. The number of aliphatic imine (C=N–C) groups is 1. The Morgan fingerprint density at radius 3 is 2.23 bits per heavy atom. The molecule has 2 rings (SSSR count). The van der Waals surface area contributed by atoms with E-state index >= 15 is 0 Å². The van der Waals surface area contributed by atoms with Crippen LogP contribution < -0.4 is 38.9 Å². The number of carbonyl (C=O) groups excluding carboxylic acids is 4. The predicted molar refractivity (Wildman–Crippen MR) is 165 cm³/mol. The van der Waals surface area contributed by atoms with Gasteiger partial charge in [-0.1, -0.05) is 18.2 Å². The maximum atomic E-state index is 13.6. The molecule has 0 aliphatic carbocycles. The third kappa shape index (κ3) is 11.8. The highest BCUT2D eigenvalue weighted by Crippen LogP contribution is 2.19. The molecular weight excluding hydrogens is 578 g/mol. The molecule has 0 fully saturated rings. The second-order valence-electron chi connectivity index (χ2n) is 9.93. The molecule has 4 unspecified atom stereocenters. The number of aromatic nitrogens is 1. The Labute approximate surface area is 253 Å². The summed E-state index contributed by atoms with van der Waals surface area (Å²) in [7, 11) is 0. The van der Waals surface area contributed by atoms with E-state index in [1.807, 2.05) is 30.5 Å². The van der Waals surface area contributed by atoms with Crippen molar-refractivity contribution in [1.82, 2.24) is 20.9 Å². The first kappa shape index (κ1) is 34.9. The van der Waals surface area contributed by atoms with Crippen LogP contribution in [0.1, 0.15) is 37.7 Å². The van der Waals surface area contributed by atoms with Crippen LogP contribution in [0.25, 0.3) is 10.9 Å².